The summed E-state index contributed by atoms with van der Waals surface area (Å²) < 4.78 is 7.57. The van der Waals surface area contributed by atoms with E-state index in [1.54, 1.807) is 22.7 Å². The van der Waals surface area contributed by atoms with Crippen molar-refractivity contribution >= 4 is 28.7 Å². The van der Waals surface area contributed by atoms with Crippen LogP contribution >= 0.6 is 11.8 Å². The fourth-order valence-corrected chi connectivity index (χ4v) is 4.26. The average Bonchev–Trinajstić information content (AvgIpc) is 3.26. The fourth-order valence-electron chi connectivity index (χ4n) is 3.66. The molecule has 0 aliphatic carbocycles. The highest BCUT2D eigenvalue weighted by Crippen LogP contribution is 2.33. The summed E-state index contributed by atoms with van der Waals surface area (Å²) in [5, 5.41) is 24.2. The molecular formula is C20H25N5O3S. The number of anilines is 1. The van der Waals surface area contributed by atoms with Crippen molar-refractivity contribution in [2.45, 2.75) is 43.9 Å². The summed E-state index contributed by atoms with van der Waals surface area (Å²) in [5.41, 5.74) is 2.39. The van der Waals surface area contributed by atoms with E-state index in [-0.39, 0.29) is 6.04 Å². The molecule has 0 radical (unpaired) electrons. The third kappa shape index (κ3) is 4.09. The third-order valence-electron chi connectivity index (χ3n) is 5.07. The van der Waals surface area contributed by atoms with Gasteiger partial charge in [-0.05, 0) is 25.2 Å². The quantitative estimate of drug-likeness (QED) is 0.537. The Kier molecular flexibility index (Phi) is 6.00. The number of aliphatic hydroxyl groups excluding tert-OH is 2. The molecule has 0 amide bonds. The van der Waals surface area contributed by atoms with Gasteiger partial charge in [0.2, 0.25) is 0 Å². The molecule has 1 saturated heterocycles. The number of nitrogens with zero attached hydrogens (tertiary/aromatic N) is 4. The molecule has 1 aromatic carbocycles. The van der Waals surface area contributed by atoms with Crippen LogP contribution in [0.4, 0.5) is 5.82 Å². The van der Waals surface area contributed by atoms with Crippen molar-refractivity contribution in [3.05, 3.63) is 48.5 Å². The van der Waals surface area contributed by atoms with E-state index in [2.05, 4.69) is 39.3 Å². The lowest BCUT2D eigenvalue weighted by atomic mass is 10.1. The second kappa shape index (κ2) is 8.66. The first-order valence-electron chi connectivity index (χ1n) is 9.57. The number of rotatable bonds is 7. The van der Waals surface area contributed by atoms with Crippen LogP contribution in [0.2, 0.25) is 0 Å². The minimum atomic E-state index is -1.05. The zero-order chi connectivity index (χ0) is 20.4. The number of ether oxygens (including phenoxy) is 1. The van der Waals surface area contributed by atoms with Crippen LogP contribution in [0.1, 0.15) is 18.7 Å². The number of thioether (sulfide) groups is 1. The van der Waals surface area contributed by atoms with E-state index in [4.69, 9.17) is 4.74 Å². The predicted octanol–water partition coefficient (Wildman–Crippen LogP) is 1.85. The molecule has 154 valence electrons. The molecule has 1 unspecified atom stereocenters. The Morgan fingerprint density at radius 2 is 1.97 bits per heavy atom. The van der Waals surface area contributed by atoms with Gasteiger partial charge in [-0.25, -0.2) is 15.0 Å². The minimum absolute atomic E-state index is 0.141. The summed E-state index contributed by atoms with van der Waals surface area (Å²) in [4.78, 5) is 13.1. The second-order valence-corrected chi connectivity index (χ2v) is 8.19. The first-order chi connectivity index (χ1) is 14.1. The van der Waals surface area contributed by atoms with Gasteiger partial charge in [0.05, 0.1) is 12.4 Å². The lowest BCUT2D eigenvalue weighted by Crippen LogP contribution is -2.32. The highest BCUT2D eigenvalue weighted by Gasteiger charge is 2.44. The second-order valence-electron chi connectivity index (χ2n) is 7.28. The van der Waals surface area contributed by atoms with Crippen LogP contribution in [0.5, 0.6) is 0 Å². The normalized spacial score (nSPS) is 25.4. The molecule has 0 spiro atoms. The first-order valence-corrected chi connectivity index (χ1v) is 11.0. The lowest BCUT2D eigenvalue weighted by Gasteiger charge is -2.17. The van der Waals surface area contributed by atoms with Crippen molar-refractivity contribution in [1.29, 1.82) is 0 Å². The summed E-state index contributed by atoms with van der Waals surface area (Å²) in [6.07, 6.45) is 2.65. The molecule has 3 N–H and O–H groups in total. The van der Waals surface area contributed by atoms with Gasteiger partial charge >= 0.3 is 0 Å². The van der Waals surface area contributed by atoms with Crippen LogP contribution in [-0.2, 0) is 11.2 Å². The molecule has 1 aliphatic heterocycles. The van der Waals surface area contributed by atoms with Gasteiger partial charge in [-0.3, -0.25) is 4.57 Å². The number of benzene rings is 1. The summed E-state index contributed by atoms with van der Waals surface area (Å²) in [5.74, 6) is 1.23. The van der Waals surface area contributed by atoms with E-state index in [1.165, 1.54) is 11.9 Å². The van der Waals surface area contributed by atoms with E-state index >= 15 is 0 Å². The van der Waals surface area contributed by atoms with Crippen LogP contribution in [0.15, 0.2) is 43.0 Å². The summed E-state index contributed by atoms with van der Waals surface area (Å²) >= 11 is 1.56. The van der Waals surface area contributed by atoms with Gasteiger partial charge < -0.3 is 20.3 Å². The summed E-state index contributed by atoms with van der Waals surface area (Å²) in [7, 11) is 0. The van der Waals surface area contributed by atoms with Crippen molar-refractivity contribution in [3.8, 4) is 0 Å². The molecule has 29 heavy (non-hydrogen) atoms. The lowest BCUT2D eigenvalue weighted by molar-refractivity contribution is -0.0288. The predicted molar refractivity (Wildman–Crippen MR) is 113 cm³/mol. The van der Waals surface area contributed by atoms with Crippen molar-refractivity contribution in [1.82, 2.24) is 19.5 Å². The number of fused-ring (bicyclic) bond motifs is 1. The van der Waals surface area contributed by atoms with Crippen LogP contribution in [0.3, 0.4) is 0 Å². The average molecular weight is 416 g/mol. The van der Waals surface area contributed by atoms with Gasteiger partial charge in [0.25, 0.3) is 0 Å². The van der Waals surface area contributed by atoms with Gasteiger partial charge in [0, 0.05) is 11.8 Å². The molecule has 3 aromatic rings. The van der Waals surface area contributed by atoms with Gasteiger partial charge in [0.1, 0.15) is 18.5 Å². The van der Waals surface area contributed by atoms with Crippen molar-refractivity contribution in [3.63, 3.8) is 0 Å². The third-order valence-corrected chi connectivity index (χ3v) is 5.73. The van der Waals surface area contributed by atoms with E-state index in [1.807, 2.05) is 24.5 Å². The zero-order valence-corrected chi connectivity index (χ0v) is 17.2. The first kappa shape index (κ1) is 20.1. The standard InChI is InChI=1S/C20H25N5O3S/c1-12(8-13-6-4-3-5-7-13)24-18-15-19(22-10-21-18)25(11-23-15)20-17(27)16(26)14(28-20)9-29-2/h3-7,10-12,14,16-17,20,26-27H,8-9H2,1-2H3,(H,21,22,24)/t12?,14-,16-,17-,20-/m1/s1. The number of hydrogen-bond acceptors (Lipinski definition) is 8. The van der Waals surface area contributed by atoms with Crippen molar-refractivity contribution < 1.29 is 14.9 Å². The fraction of sp³-hybridized carbons (Fsp3) is 0.450. The van der Waals surface area contributed by atoms with Crippen LogP contribution < -0.4 is 5.32 Å². The van der Waals surface area contributed by atoms with Gasteiger partial charge in [-0.1, -0.05) is 30.3 Å². The van der Waals surface area contributed by atoms with Crippen LogP contribution in [-0.4, -0.2) is 66.1 Å². The Hall–Kier alpha value is -2.20. The Labute approximate surface area is 173 Å². The number of aliphatic hydroxyl groups is 2. The molecule has 9 heteroatoms. The Bertz CT molecular complexity index is 954. The monoisotopic (exact) mass is 415 g/mol. The maximum absolute atomic E-state index is 10.5. The Morgan fingerprint density at radius 1 is 1.17 bits per heavy atom. The van der Waals surface area contributed by atoms with Crippen molar-refractivity contribution in [2.75, 3.05) is 17.3 Å². The van der Waals surface area contributed by atoms with E-state index < -0.39 is 24.5 Å². The summed E-state index contributed by atoms with van der Waals surface area (Å²) in [6.45, 7) is 2.09. The molecule has 5 atom stereocenters. The van der Waals surface area contributed by atoms with E-state index in [0.29, 0.717) is 22.7 Å². The minimum Gasteiger partial charge on any atom is -0.387 e. The van der Waals surface area contributed by atoms with Gasteiger partial charge in [0.15, 0.2) is 23.2 Å². The number of hydrogen-bond donors (Lipinski definition) is 3. The molecule has 8 nitrogen and oxygen atoms in total. The molecular weight excluding hydrogens is 390 g/mol. The van der Waals surface area contributed by atoms with E-state index in [0.717, 1.165) is 6.42 Å². The number of aromatic nitrogens is 4. The highest BCUT2D eigenvalue weighted by atomic mass is 32.2. The largest absolute Gasteiger partial charge is 0.387 e. The molecule has 1 fully saturated rings. The Balaban J connectivity index is 1.55. The molecule has 3 heterocycles. The molecule has 0 saturated carbocycles. The maximum atomic E-state index is 10.5. The van der Waals surface area contributed by atoms with Crippen LogP contribution in [0, 0.1) is 0 Å². The maximum Gasteiger partial charge on any atom is 0.167 e. The SMILES string of the molecule is CSC[C@H]1O[C@@H](n2cnc3c(NC(C)Cc4ccccc4)ncnc32)[C@H](O)[C@@H]1O. The highest BCUT2D eigenvalue weighted by molar-refractivity contribution is 7.98. The van der Waals surface area contributed by atoms with Gasteiger partial charge in [-0.2, -0.15) is 11.8 Å². The number of nitrogens with one attached hydrogen (secondary N) is 1. The summed E-state index contributed by atoms with van der Waals surface area (Å²) in [6, 6.07) is 10.4. The molecule has 0 bridgehead atoms. The van der Waals surface area contributed by atoms with Crippen molar-refractivity contribution in [2.24, 2.45) is 0 Å². The number of imidazole rings is 1. The molecule has 4 rings (SSSR count). The van der Waals surface area contributed by atoms with Gasteiger partial charge in [-0.15, -0.1) is 0 Å². The zero-order valence-electron chi connectivity index (χ0n) is 16.3. The molecule has 2 aromatic heterocycles. The van der Waals surface area contributed by atoms with Crippen LogP contribution in [0.25, 0.3) is 11.2 Å². The Morgan fingerprint density at radius 3 is 2.72 bits per heavy atom. The smallest absolute Gasteiger partial charge is 0.167 e. The molecule has 1 aliphatic rings. The topological polar surface area (TPSA) is 105 Å². The van der Waals surface area contributed by atoms with E-state index in [9.17, 15) is 10.2 Å².